The van der Waals surface area contributed by atoms with Gasteiger partial charge in [0.2, 0.25) is 11.8 Å². The third-order valence-electron chi connectivity index (χ3n) is 7.04. The van der Waals surface area contributed by atoms with E-state index in [-0.39, 0.29) is 24.4 Å². The number of hydrogen-bond donors (Lipinski definition) is 0. The van der Waals surface area contributed by atoms with Gasteiger partial charge in [-0.3, -0.25) is 14.5 Å². The van der Waals surface area contributed by atoms with E-state index in [1.807, 2.05) is 71.8 Å². The highest BCUT2D eigenvalue weighted by Gasteiger charge is 2.36. The van der Waals surface area contributed by atoms with Crippen molar-refractivity contribution >= 4 is 17.5 Å². The van der Waals surface area contributed by atoms with Crippen LogP contribution in [0.25, 0.3) is 5.69 Å². The van der Waals surface area contributed by atoms with Gasteiger partial charge in [-0.05, 0) is 48.7 Å². The summed E-state index contributed by atoms with van der Waals surface area (Å²) in [5.41, 5.74) is 6.03. The van der Waals surface area contributed by atoms with Crippen molar-refractivity contribution < 1.29 is 9.59 Å². The predicted octanol–water partition coefficient (Wildman–Crippen LogP) is 6.09. The molecule has 0 N–H and O–H groups in total. The Kier molecular flexibility index (Phi) is 7.22. The van der Waals surface area contributed by atoms with E-state index in [4.69, 9.17) is 0 Å². The maximum absolute atomic E-state index is 14.2. The second-order valence-corrected chi connectivity index (χ2v) is 9.70. The first-order valence-electron chi connectivity index (χ1n) is 13.0. The van der Waals surface area contributed by atoms with Gasteiger partial charge in [0.15, 0.2) is 0 Å². The fraction of sp³-hybridized carbons (Fsp3) is 0.250. The van der Waals surface area contributed by atoms with E-state index in [1.54, 1.807) is 4.90 Å². The van der Waals surface area contributed by atoms with Gasteiger partial charge in [0, 0.05) is 12.7 Å². The quantitative estimate of drug-likeness (QED) is 0.299. The van der Waals surface area contributed by atoms with Crippen LogP contribution in [0.2, 0.25) is 0 Å². The Morgan fingerprint density at radius 1 is 0.838 bits per heavy atom. The number of benzene rings is 3. The third kappa shape index (κ3) is 5.08. The number of rotatable bonds is 8. The molecule has 0 spiro atoms. The largest absolute Gasteiger partial charge is 0.333 e. The van der Waals surface area contributed by atoms with E-state index in [0.717, 1.165) is 41.0 Å². The molecule has 0 saturated heterocycles. The molecule has 0 aliphatic carbocycles. The molecule has 2 amide bonds. The van der Waals surface area contributed by atoms with Crippen LogP contribution < -0.4 is 4.90 Å². The average molecular weight is 492 g/mol. The molecule has 0 bridgehead atoms. The molecule has 0 radical (unpaired) electrons. The molecule has 0 saturated carbocycles. The average Bonchev–Trinajstić information content (AvgIpc) is 3.41. The number of anilines is 1. The van der Waals surface area contributed by atoms with Crippen LogP contribution in [-0.2, 0) is 16.0 Å². The minimum absolute atomic E-state index is 0.0199. The van der Waals surface area contributed by atoms with Crippen molar-refractivity contribution in [1.29, 1.82) is 0 Å². The maximum Gasteiger partial charge on any atom is 0.247 e. The summed E-state index contributed by atoms with van der Waals surface area (Å²) in [7, 11) is 0. The molecule has 1 aliphatic rings. The van der Waals surface area contributed by atoms with Crippen LogP contribution in [0.1, 0.15) is 48.2 Å². The Hall–Kier alpha value is -4.12. The molecule has 1 aromatic heterocycles. The number of carbonyl (C=O) groups is 2. The van der Waals surface area contributed by atoms with Crippen LogP contribution >= 0.6 is 0 Å². The molecule has 3 aromatic carbocycles. The highest BCUT2D eigenvalue weighted by Crippen LogP contribution is 2.42. The molecular formula is C32H33N3O2. The second-order valence-electron chi connectivity index (χ2n) is 9.70. The molecule has 5 nitrogen and oxygen atoms in total. The molecule has 1 atom stereocenters. The number of hydrogen-bond acceptors (Lipinski definition) is 2. The van der Waals surface area contributed by atoms with Crippen LogP contribution in [-0.4, -0.2) is 34.4 Å². The zero-order chi connectivity index (χ0) is 25.8. The smallest absolute Gasteiger partial charge is 0.247 e. The van der Waals surface area contributed by atoms with E-state index in [9.17, 15) is 9.59 Å². The van der Waals surface area contributed by atoms with Crippen LogP contribution in [0.4, 0.5) is 5.69 Å². The Morgan fingerprint density at radius 2 is 1.54 bits per heavy atom. The van der Waals surface area contributed by atoms with Crippen LogP contribution in [0.5, 0.6) is 0 Å². The molecule has 5 heteroatoms. The van der Waals surface area contributed by atoms with Gasteiger partial charge >= 0.3 is 0 Å². The number of aromatic nitrogens is 1. The van der Waals surface area contributed by atoms with Gasteiger partial charge in [-0.15, -0.1) is 0 Å². The van der Waals surface area contributed by atoms with Crippen LogP contribution in [0.15, 0.2) is 97.2 Å². The van der Waals surface area contributed by atoms with Crippen LogP contribution in [0.3, 0.4) is 0 Å². The summed E-state index contributed by atoms with van der Waals surface area (Å²) in [5.74, 6) is -0.100. The Bertz CT molecular complexity index is 1370. The predicted molar refractivity (Wildman–Crippen MR) is 148 cm³/mol. The lowest BCUT2D eigenvalue weighted by Crippen LogP contribution is -2.47. The normalized spacial score (nSPS) is 14.1. The van der Waals surface area contributed by atoms with Gasteiger partial charge in [0.05, 0.1) is 23.5 Å². The summed E-state index contributed by atoms with van der Waals surface area (Å²) in [6.07, 6.45) is 4.15. The second kappa shape index (κ2) is 10.9. The molecule has 37 heavy (non-hydrogen) atoms. The molecule has 1 unspecified atom stereocenters. The monoisotopic (exact) mass is 491 g/mol. The molecule has 2 heterocycles. The first kappa shape index (κ1) is 24.6. The summed E-state index contributed by atoms with van der Waals surface area (Å²) in [4.78, 5) is 31.2. The Labute approximate surface area is 219 Å². The minimum atomic E-state index is -0.282. The maximum atomic E-state index is 14.2. The molecular weight excluding hydrogens is 458 g/mol. The SMILES string of the molecule is CCCCN(CC(=O)N1c2ccccc2-n2cccc2C1c1ccc(C)cc1)C(=O)Cc1ccccc1. The van der Waals surface area contributed by atoms with Gasteiger partial charge in [-0.1, -0.05) is 85.6 Å². The van der Waals surface area contributed by atoms with E-state index in [2.05, 4.69) is 48.7 Å². The summed E-state index contributed by atoms with van der Waals surface area (Å²) in [6.45, 7) is 4.78. The summed E-state index contributed by atoms with van der Waals surface area (Å²) < 4.78 is 2.17. The van der Waals surface area contributed by atoms with Crippen molar-refractivity contribution in [2.24, 2.45) is 0 Å². The lowest BCUT2D eigenvalue weighted by Gasteiger charge is -2.39. The van der Waals surface area contributed by atoms with Gasteiger partial charge in [0.25, 0.3) is 0 Å². The zero-order valence-electron chi connectivity index (χ0n) is 21.5. The Balaban J connectivity index is 1.51. The fourth-order valence-corrected chi connectivity index (χ4v) is 5.09. The molecule has 4 aromatic rings. The first-order chi connectivity index (χ1) is 18.1. The van der Waals surface area contributed by atoms with Gasteiger partial charge in [0.1, 0.15) is 12.6 Å². The number of aryl methyl sites for hydroxylation is 1. The van der Waals surface area contributed by atoms with E-state index < -0.39 is 0 Å². The number of fused-ring (bicyclic) bond motifs is 3. The number of carbonyl (C=O) groups excluding carboxylic acids is 2. The van der Waals surface area contributed by atoms with Crippen molar-refractivity contribution in [2.45, 2.75) is 39.2 Å². The van der Waals surface area contributed by atoms with Gasteiger partial charge in [-0.25, -0.2) is 0 Å². The van der Waals surface area contributed by atoms with Crippen molar-refractivity contribution in [2.75, 3.05) is 18.0 Å². The molecule has 188 valence electrons. The van der Waals surface area contributed by atoms with Crippen molar-refractivity contribution in [3.8, 4) is 5.69 Å². The van der Waals surface area contributed by atoms with E-state index in [0.29, 0.717) is 13.0 Å². The number of nitrogens with zero attached hydrogens (tertiary/aromatic N) is 3. The molecule has 5 rings (SSSR count). The summed E-state index contributed by atoms with van der Waals surface area (Å²) in [5, 5.41) is 0. The highest BCUT2D eigenvalue weighted by molar-refractivity contribution is 6.00. The van der Waals surface area contributed by atoms with Gasteiger partial charge < -0.3 is 9.47 Å². The van der Waals surface area contributed by atoms with Crippen molar-refractivity contribution in [3.63, 3.8) is 0 Å². The first-order valence-corrected chi connectivity index (χ1v) is 13.0. The standard InChI is InChI=1S/C32H33N3O2/c1-3-4-20-33(30(36)22-25-11-6-5-7-12-25)23-31(37)35-28-14-9-8-13-27(28)34-21-10-15-29(34)32(35)26-18-16-24(2)17-19-26/h5-19,21,32H,3-4,20,22-23H2,1-2H3. The summed E-state index contributed by atoms with van der Waals surface area (Å²) >= 11 is 0. The lowest BCUT2D eigenvalue weighted by atomic mass is 9.97. The van der Waals surface area contributed by atoms with Crippen molar-refractivity contribution in [1.82, 2.24) is 9.47 Å². The highest BCUT2D eigenvalue weighted by atomic mass is 16.2. The van der Waals surface area contributed by atoms with Crippen molar-refractivity contribution in [3.05, 3.63) is 120 Å². The Morgan fingerprint density at radius 3 is 2.27 bits per heavy atom. The zero-order valence-corrected chi connectivity index (χ0v) is 21.5. The molecule has 0 fully saturated rings. The van der Waals surface area contributed by atoms with Crippen LogP contribution in [0, 0.1) is 6.92 Å². The number of para-hydroxylation sites is 2. The molecule has 1 aliphatic heterocycles. The lowest BCUT2D eigenvalue weighted by molar-refractivity contribution is -0.134. The van der Waals surface area contributed by atoms with E-state index in [1.165, 1.54) is 5.56 Å². The topological polar surface area (TPSA) is 45.6 Å². The number of amides is 2. The fourth-order valence-electron chi connectivity index (χ4n) is 5.09. The third-order valence-corrected chi connectivity index (χ3v) is 7.04. The van der Waals surface area contributed by atoms with Gasteiger partial charge in [-0.2, -0.15) is 0 Å². The minimum Gasteiger partial charge on any atom is -0.333 e. The van der Waals surface area contributed by atoms with E-state index >= 15 is 0 Å². The summed E-state index contributed by atoms with van der Waals surface area (Å²) in [6, 6.07) is 29.9. The number of unbranched alkanes of at least 4 members (excludes halogenated alkanes) is 1.